The Morgan fingerprint density at radius 1 is 0.929 bits per heavy atom. The van der Waals surface area contributed by atoms with Gasteiger partial charge in [-0.1, -0.05) is 0 Å². The number of amides is 1. The Balaban J connectivity index is 1.67. The average Bonchev–Trinajstić information content (AvgIpc) is 2.74. The first kappa shape index (κ1) is 18.7. The van der Waals surface area contributed by atoms with E-state index in [1.54, 1.807) is 67.9 Å². The minimum absolute atomic E-state index is 0.278. The molecule has 140 valence electrons. The van der Waals surface area contributed by atoms with E-state index in [0.29, 0.717) is 22.7 Å². The first-order valence-corrected chi connectivity index (χ1v) is 8.39. The van der Waals surface area contributed by atoms with Crippen LogP contribution in [0, 0.1) is 11.3 Å². The van der Waals surface area contributed by atoms with E-state index in [1.165, 1.54) is 7.11 Å². The van der Waals surface area contributed by atoms with Crippen molar-refractivity contribution in [3.05, 3.63) is 72.1 Å². The second-order valence-electron chi connectivity index (χ2n) is 5.77. The molecule has 7 heteroatoms. The molecule has 1 amide bonds. The number of carbonyl (C=O) groups excluding carboxylic acids is 1. The number of anilines is 3. The molecule has 0 saturated carbocycles. The van der Waals surface area contributed by atoms with Crippen LogP contribution in [0.3, 0.4) is 0 Å². The van der Waals surface area contributed by atoms with Gasteiger partial charge >= 0.3 is 0 Å². The standard InChI is InChI=1S/C21H18N4O3/c1-27-19-10-8-16(11-20(19)28-2)25-21(26)18-9-7-17(13-23-18)24-15-5-3-14(12-22)4-6-15/h3-11,13,24H,1-2H3,(H,25,26). The number of ether oxygens (including phenoxy) is 2. The van der Waals surface area contributed by atoms with E-state index in [2.05, 4.69) is 21.7 Å². The van der Waals surface area contributed by atoms with E-state index in [0.717, 1.165) is 11.4 Å². The zero-order valence-corrected chi connectivity index (χ0v) is 15.4. The Kier molecular flexibility index (Phi) is 5.72. The molecule has 28 heavy (non-hydrogen) atoms. The largest absolute Gasteiger partial charge is 0.493 e. The molecular weight excluding hydrogens is 356 g/mol. The maximum Gasteiger partial charge on any atom is 0.274 e. The van der Waals surface area contributed by atoms with E-state index in [9.17, 15) is 4.79 Å². The van der Waals surface area contributed by atoms with Crippen LogP contribution in [0.5, 0.6) is 11.5 Å². The third-order valence-corrected chi connectivity index (χ3v) is 3.94. The van der Waals surface area contributed by atoms with Gasteiger partial charge in [0.2, 0.25) is 0 Å². The number of hydrogen-bond donors (Lipinski definition) is 2. The fourth-order valence-corrected chi connectivity index (χ4v) is 2.51. The van der Waals surface area contributed by atoms with Crippen molar-refractivity contribution in [2.75, 3.05) is 24.9 Å². The summed E-state index contributed by atoms with van der Waals surface area (Å²) in [6, 6.07) is 17.6. The smallest absolute Gasteiger partial charge is 0.274 e. The van der Waals surface area contributed by atoms with Gasteiger partial charge in [-0.15, -0.1) is 0 Å². The van der Waals surface area contributed by atoms with Gasteiger partial charge in [0.15, 0.2) is 11.5 Å². The van der Waals surface area contributed by atoms with Crippen molar-refractivity contribution in [2.24, 2.45) is 0 Å². The molecule has 2 N–H and O–H groups in total. The van der Waals surface area contributed by atoms with Crippen LogP contribution in [-0.4, -0.2) is 25.1 Å². The fraction of sp³-hybridized carbons (Fsp3) is 0.0952. The van der Waals surface area contributed by atoms with Crippen LogP contribution in [0.2, 0.25) is 0 Å². The van der Waals surface area contributed by atoms with Gasteiger partial charge in [-0.05, 0) is 48.5 Å². The molecule has 7 nitrogen and oxygen atoms in total. The third-order valence-electron chi connectivity index (χ3n) is 3.94. The molecule has 1 aromatic heterocycles. The van der Waals surface area contributed by atoms with Gasteiger partial charge < -0.3 is 20.1 Å². The molecular formula is C21H18N4O3. The first-order chi connectivity index (χ1) is 13.6. The number of rotatable bonds is 6. The van der Waals surface area contributed by atoms with Crippen LogP contribution in [-0.2, 0) is 0 Å². The Hall–Kier alpha value is -4.05. The molecule has 1 heterocycles. The Morgan fingerprint density at radius 3 is 2.21 bits per heavy atom. The lowest BCUT2D eigenvalue weighted by atomic mass is 10.2. The Bertz CT molecular complexity index is 1010. The number of nitrogens with zero attached hydrogens (tertiary/aromatic N) is 2. The molecule has 0 spiro atoms. The van der Waals surface area contributed by atoms with Gasteiger partial charge in [-0.25, -0.2) is 4.98 Å². The third kappa shape index (κ3) is 4.37. The Labute approximate surface area is 162 Å². The molecule has 0 atom stereocenters. The number of methoxy groups -OCH3 is 2. The van der Waals surface area contributed by atoms with E-state index >= 15 is 0 Å². The van der Waals surface area contributed by atoms with Crippen LogP contribution in [0.1, 0.15) is 16.1 Å². The SMILES string of the molecule is COc1ccc(NC(=O)c2ccc(Nc3ccc(C#N)cc3)cn2)cc1OC. The van der Waals surface area contributed by atoms with Gasteiger partial charge in [0.1, 0.15) is 5.69 Å². The number of hydrogen-bond acceptors (Lipinski definition) is 6. The number of benzene rings is 2. The maximum atomic E-state index is 12.4. The van der Waals surface area contributed by atoms with Crippen LogP contribution in [0.4, 0.5) is 17.1 Å². The van der Waals surface area contributed by atoms with Gasteiger partial charge in [0, 0.05) is 17.4 Å². The zero-order valence-electron chi connectivity index (χ0n) is 15.4. The summed E-state index contributed by atoms with van der Waals surface area (Å²) in [5.41, 5.74) is 2.99. The second kappa shape index (κ2) is 8.56. The quantitative estimate of drug-likeness (QED) is 0.678. The molecule has 0 unspecified atom stereocenters. The summed E-state index contributed by atoms with van der Waals surface area (Å²) in [6.07, 6.45) is 1.57. The van der Waals surface area contributed by atoms with Crippen LogP contribution < -0.4 is 20.1 Å². The van der Waals surface area contributed by atoms with Crippen LogP contribution >= 0.6 is 0 Å². The molecule has 0 bridgehead atoms. The van der Waals surface area contributed by atoms with Gasteiger partial charge in [-0.2, -0.15) is 5.26 Å². The topological polar surface area (TPSA) is 96.3 Å². The lowest BCUT2D eigenvalue weighted by Crippen LogP contribution is -2.13. The summed E-state index contributed by atoms with van der Waals surface area (Å²) in [4.78, 5) is 16.6. The van der Waals surface area contributed by atoms with E-state index < -0.39 is 0 Å². The van der Waals surface area contributed by atoms with E-state index in [4.69, 9.17) is 14.7 Å². The van der Waals surface area contributed by atoms with Gasteiger partial charge in [0.05, 0.1) is 37.7 Å². The van der Waals surface area contributed by atoms with Crippen molar-refractivity contribution in [2.45, 2.75) is 0 Å². The predicted molar refractivity (Wildman–Crippen MR) is 106 cm³/mol. The lowest BCUT2D eigenvalue weighted by Gasteiger charge is -2.11. The molecule has 2 aromatic carbocycles. The number of nitriles is 1. The molecule has 0 saturated heterocycles. The molecule has 0 aliphatic heterocycles. The highest BCUT2D eigenvalue weighted by Gasteiger charge is 2.10. The summed E-state index contributed by atoms with van der Waals surface area (Å²) in [7, 11) is 3.08. The van der Waals surface area contributed by atoms with Crippen molar-refractivity contribution < 1.29 is 14.3 Å². The molecule has 0 fully saturated rings. The van der Waals surface area contributed by atoms with Crippen molar-refractivity contribution in [3.8, 4) is 17.6 Å². The van der Waals surface area contributed by atoms with Crippen molar-refractivity contribution in [3.63, 3.8) is 0 Å². The number of pyridine rings is 1. The summed E-state index contributed by atoms with van der Waals surface area (Å²) in [5.74, 6) is 0.768. The highest BCUT2D eigenvalue weighted by Crippen LogP contribution is 2.29. The normalized spacial score (nSPS) is 9.89. The lowest BCUT2D eigenvalue weighted by molar-refractivity contribution is 0.102. The Morgan fingerprint density at radius 2 is 1.61 bits per heavy atom. The highest BCUT2D eigenvalue weighted by molar-refractivity contribution is 6.03. The minimum Gasteiger partial charge on any atom is -0.493 e. The molecule has 0 radical (unpaired) electrons. The number of nitrogens with one attached hydrogen (secondary N) is 2. The molecule has 0 aliphatic rings. The summed E-state index contributed by atoms with van der Waals surface area (Å²) >= 11 is 0. The molecule has 0 aliphatic carbocycles. The summed E-state index contributed by atoms with van der Waals surface area (Å²) in [5, 5.41) is 14.8. The maximum absolute atomic E-state index is 12.4. The minimum atomic E-state index is -0.336. The second-order valence-corrected chi connectivity index (χ2v) is 5.77. The highest BCUT2D eigenvalue weighted by atomic mass is 16.5. The molecule has 3 rings (SSSR count). The van der Waals surface area contributed by atoms with E-state index in [1.807, 2.05) is 0 Å². The van der Waals surface area contributed by atoms with Crippen LogP contribution in [0.25, 0.3) is 0 Å². The monoisotopic (exact) mass is 374 g/mol. The number of aromatic nitrogens is 1. The first-order valence-electron chi connectivity index (χ1n) is 8.39. The van der Waals surface area contributed by atoms with Gasteiger partial charge in [-0.3, -0.25) is 4.79 Å². The summed E-state index contributed by atoms with van der Waals surface area (Å²) < 4.78 is 10.4. The van der Waals surface area contributed by atoms with Crippen molar-refractivity contribution >= 4 is 23.0 Å². The fourth-order valence-electron chi connectivity index (χ4n) is 2.51. The average molecular weight is 374 g/mol. The van der Waals surface area contributed by atoms with Gasteiger partial charge in [0.25, 0.3) is 5.91 Å². The van der Waals surface area contributed by atoms with E-state index in [-0.39, 0.29) is 11.6 Å². The number of carbonyl (C=O) groups is 1. The van der Waals surface area contributed by atoms with Crippen molar-refractivity contribution in [1.29, 1.82) is 5.26 Å². The zero-order chi connectivity index (χ0) is 19.9. The van der Waals surface area contributed by atoms with Crippen molar-refractivity contribution in [1.82, 2.24) is 4.98 Å². The van der Waals surface area contributed by atoms with Crippen LogP contribution in [0.15, 0.2) is 60.8 Å². The molecule has 3 aromatic rings. The summed E-state index contributed by atoms with van der Waals surface area (Å²) in [6.45, 7) is 0. The predicted octanol–water partition coefficient (Wildman–Crippen LogP) is 3.97.